The molecule has 3 aromatic rings. The number of aromatic amines is 1. The summed E-state index contributed by atoms with van der Waals surface area (Å²) in [6.07, 6.45) is 6.06. The molecule has 0 bridgehead atoms. The van der Waals surface area contributed by atoms with E-state index in [-0.39, 0.29) is 11.5 Å². The van der Waals surface area contributed by atoms with Gasteiger partial charge in [0.1, 0.15) is 0 Å². The van der Waals surface area contributed by atoms with Gasteiger partial charge in [0.25, 0.3) is 0 Å². The molecule has 2 aromatic heterocycles. The Morgan fingerprint density at radius 3 is 2.75 bits per heavy atom. The van der Waals surface area contributed by atoms with Gasteiger partial charge in [-0.25, -0.2) is 14.5 Å². The summed E-state index contributed by atoms with van der Waals surface area (Å²) in [6, 6.07) is 3.36. The minimum absolute atomic E-state index is 0.0594. The molecular formula is C18H19ClN6O3. The predicted molar refractivity (Wildman–Crippen MR) is 104 cm³/mol. The number of H-pyrrole nitrogens is 1. The normalized spacial score (nSPS) is 15.0. The first-order valence-corrected chi connectivity index (χ1v) is 9.37. The molecule has 1 aliphatic rings. The van der Waals surface area contributed by atoms with E-state index in [1.807, 2.05) is 0 Å². The molecule has 1 aliphatic heterocycles. The summed E-state index contributed by atoms with van der Waals surface area (Å²) in [5.74, 6) is -0.823. The van der Waals surface area contributed by atoms with Gasteiger partial charge >= 0.3 is 5.97 Å². The number of nitrogens with zero attached hydrogens (tertiary/aromatic N) is 4. The SMILES string of the molecule is O=C(CN1CCCCC1)Nc1cc2nc(-n3cc(C(=O)O)cn3)[nH]c2cc1Cl. The van der Waals surface area contributed by atoms with Gasteiger partial charge in [0.2, 0.25) is 11.9 Å². The van der Waals surface area contributed by atoms with Crippen LogP contribution in [-0.2, 0) is 4.79 Å². The minimum Gasteiger partial charge on any atom is -0.478 e. The molecule has 0 aliphatic carbocycles. The highest BCUT2D eigenvalue weighted by atomic mass is 35.5. The smallest absolute Gasteiger partial charge is 0.338 e. The van der Waals surface area contributed by atoms with Crippen molar-refractivity contribution in [2.24, 2.45) is 0 Å². The van der Waals surface area contributed by atoms with Crippen LogP contribution in [0, 0.1) is 0 Å². The molecule has 1 amide bonds. The van der Waals surface area contributed by atoms with Gasteiger partial charge in [-0.15, -0.1) is 0 Å². The Morgan fingerprint density at radius 1 is 1.25 bits per heavy atom. The molecule has 0 atom stereocenters. The number of fused-ring (bicyclic) bond motifs is 1. The van der Waals surface area contributed by atoms with E-state index in [0.29, 0.717) is 34.2 Å². The zero-order chi connectivity index (χ0) is 19.7. The Labute approximate surface area is 165 Å². The van der Waals surface area contributed by atoms with Crippen LogP contribution in [0.15, 0.2) is 24.5 Å². The zero-order valence-corrected chi connectivity index (χ0v) is 15.7. The van der Waals surface area contributed by atoms with Crippen molar-refractivity contribution >= 4 is 40.2 Å². The summed E-state index contributed by atoms with van der Waals surface area (Å²) in [7, 11) is 0. The molecule has 3 N–H and O–H groups in total. The Kier molecular flexibility index (Phi) is 5.01. The van der Waals surface area contributed by atoms with Crippen LogP contribution in [0.3, 0.4) is 0 Å². The van der Waals surface area contributed by atoms with E-state index in [1.165, 1.54) is 23.5 Å². The third-order valence-electron chi connectivity index (χ3n) is 4.69. The van der Waals surface area contributed by atoms with Crippen molar-refractivity contribution in [2.75, 3.05) is 25.0 Å². The van der Waals surface area contributed by atoms with E-state index in [4.69, 9.17) is 16.7 Å². The number of amides is 1. The molecule has 1 aromatic carbocycles. The fraction of sp³-hybridized carbons (Fsp3) is 0.333. The van der Waals surface area contributed by atoms with Gasteiger partial charge in [0, 0.05) is 6.20 Å². The van der Waals surface area contributed by atoms with Crippen LogP contribution in [-0.4, -0.2) is 61.3 Å². The predicted octanol–water partition coefficient (Wildman–Crippen LogP) is 2.52. The van der Waals surface area contributed by atoms with Crippen LogP contribution in [0.5, 0.6) is 0 Å². The van der Waals surface area contributed by atoms with E-state index >= 15 is 0 Å². The lowest BCUT2D eigenvalue weighted by Gasteiger charge is -2.25. The molecule has 1 fully saturated rings. The number of nitrogens with one attached hydrogen (secondary N) is 2. The third kappa shape index (κ3) is 3.85. The standard InChI is InChI=1S/C18H19ClN6O3/c19-12-6-14-15(23-18(22-14)25-9-11(8-20-25)17(27)28)7-13(12)21-16(26)10-24-4-2-1-3-5-24/h6-9H,1-5,10H2,(H,21,26)(H,22,23)(H,27,28). The lowest BCUT2D eigenvalue weighted by atomic mass is 10.1. The first-order valence-electron chi connectivity index (χ1n) is 8.99. The molecule has 3 heterocycles. The number of aromatic carboxylic acids is 1. The van der Waals surface area contributed by atoms with Crippen LogP contribution in [0.4, 0.5) is 5.69 Å². The van der Waals surface area contributed by atoms with Crippen LogP contribution < -0.4 is 5.32 Å². The molecular weight excluding hydrogens is 384 g/mol. The van der Waals surface area contributed by atoms with Gasteiger partial charge in [0.15, 0.2) is 0 Å². The first-order chi connectivity index (χ1) is 13.5. The number of anilines is 1. The molecule has 0 saturated carbocycles. The van der Waals surface area contributed by atoms with Crippen LogP contribution in [0.25, 0.3) is 17.0 Å². The van der Waals surface area contributed by atoms with E-state index in [2.05, 4.69) is 25.3 Å². The van der Waals surface area contributed by atoms with E-state index in [9.17, 15) is 9.59 Å². The fourth-order valence-corrected chi connectivity index (χ4v) is 3.49. The Bertz CT molecular complexity index is 1040. The molecule has 0 spiro atoms. The fourth-order valence-electron chi connectivity index (χ4n) is 3.28. The summed E-state index contributed by atoms with van der Waals surface area (Å²) < 4.78 is 1.34. The van der Waals surface area contributed by atoms with E-state index in [0.717, 1.165) is 25.9 Å². The van der Waals surface area contributed by atoms with E-state index in [1.54, 1.807) is 12.1 Å². The van der Waals surface area contributed by atoms with Gasteiger partial charge in [-0.05, 0) is 38.1 Å². The lowest BCUT2D eigenvalue weighted by molar-refractivity contribution is -0.117. The third-order valence-corrected chi connectivity index (χ3v) is 5.01. The van der Waals surface area contributed by atoms with Crippen molar-refractivity contribution in [3.8, 4) is 5.95 Å². The molecule has 1 saturated heterocycles. The summed E-state index contributed by atoms with van der Waals surface area (Å²) in [5.41, 5.74) is 1.78. The number of halogens is 1. The highest BCUT2D eigenvalue weighted by molar-refractivity contribution is 6.34. The summed E-state index contributed by atoms with van der Waals surface area (Å²) in [4.78, 5) is 32.9. The first kappa shape index (κ1) is 18.5. The van der Waals surface area contributed by atoms with Crippen molar-refractivity contribution in [3.63, 3.8) is 0 Å². The van der Waals surface area contributed by atoms with Crippen LogP contribution >= 0.6 is 11.6 Å². The number of likely N-dealkylation sites (tertiary alicyclic amines) is 1. The quantitative estimate of drug-likeness (QED) is 0.603. The van der Waals surface area contributed by atoms with Crippen LogP contribution in [0.1, 0.15) is 29.6 Å². The number of carbonyl (C=O) groups is 2. The molecule has 28 heavy (non-hydrogen) atoms. The molecule has 146 valence electrons. The average Bonchev–Trinajstić information content (AvgIpc) is 3.29. The van der Waals surface area contributed by atoms with Crippen molar-refractivity contribution in [1.82, 2.24) is 24.6 Å². The molecule has 4 rings (SSSR count). The molecule has 9 nitrogen and oxygen atoms in total. The zero-order valence-electron chi connectivity index (χ0n) is 15.0. The van der Waals surface area contributed by atoms with Gasteiger partial charge in [-0.2, -0.15) is 5.10 Å². The maximum Gasteiger partial charge on any atom is 0.338 e. The Balaban J connectivity index is 1.53. The highest BCUT2D eigenvalue weighted by Crippen LogP contribution is 2.27. The number of imidazole rings is 1. The average molecular weight is 403 g/mol. The number of hydrogen-bond acceptors (Lipinski definition) is 5. The second-order valence-corrected chi connectivity index (χ2v) is 7.18. The number of aromatic nitrogens is 4. The summed E-state index contributed by atoms with van der Waals surface area (Å²) in [5, 5.41) is 16.3. The molecule has 0 unspecified atom stereocenters. The number of carbonyl (C=O) groups excluding carboxylic acids is 1. The summed E-state index contributed by atoms with van der Waals surface area (Å²) >= 11 is 6.31. The van der Waals surface area contributed by atoms with Gasteiger partial charge < -0.3 is 15.4 Å². The van der Waals surface area contributed by atoms with Crippen LogP contribution in [0.2, 0.25) is 5.02 Å². The highest BCUT2D eigenvalue weighted by Gasteiger charge is 2.16. The second kappa shape index (κ2) is 7.61. The number of piperidine rings is 1. The lowest BCUT2D eigenvalue weighted by Crippen LogP contribution is -2.36. The number of carboxylic acids is 1. The minimum atomic E-state index is -1.07. The maximum absolute atomic E-state index is 12.4. The van der Waals surface area contributed by atoms with Crippen molar-refractivity contribution in [1.29, 1.82) is 0 Å². The van der Waals surface area contributed by atoms with Crippen molar-refractivity contribution < 1.29 is 14.7 Å². The molecule has 10 heteroatoms. The number of carboxylic acid groups (broad SMARTS) is 1. The monoisotopic (exact) mass is 402 g/mol. The van der Waals surface area contributed by atoms with Gasteiger partial charge in [-0.3, -0.25) is 9.69 Å². The van der Waals surface area contributed by atoms with Crippen molar-refractivity contribution in [2.45, 2.75) is 19.3 Å². The van der Waals surface area contributed by atoms with Gasteiger partial charge in [-0.1, -0.05) is 18.0 Å². The van der Waals surface area contributed by atoms with Crippen molar-refractivity contribution in [3.05, 3.63) is 35.1 Å². The maximum atomic E-state index is 12.4. The number of benzene rings is 1. The number of rotatable bonds is 5. The van der Waals surface area contributed by atoms with E-state index < -0.39 is 5.97 Å². The Hall–Kier alpha value is -2.91. The topological polar surface area (TPSA) is 116 Å². The largest absolute Gasteiger partial charge is 0.478 e. The van der Waals surface area contributed by atoms with Gasteiger partial charge in [0.05, 0.1) is 40.0 Å². The second-order valence-electron chi connectivity index (χ2n) is 6.77. The summed E-state index contributed by atoms with van der Waals surface area (Å²) in [6.45, 7) is 2.21. The molecule has 0 radical (unpaired) electrons. The number of hydrogen-bond donors (Lipinski definition) is 3. The Morgan fingerprint density at radius 2 is 2.04 bits per heavy atom.